The molecule has 3 nitrogen and oxygen atoms in total. The normalized spacial score (nSPS) is 10.8. The summed E-state index contributed by atoms with van der Waals surface area (Å²) in [7, 11) is 0. The fourth-order valence-electron chi connectivity index (χ4n) is 1.13. The predicted octanol–water partition coefficient (Wildman–Crippen LogP) is 4.54. The zero-order valence-corrected chi connectivity index (χ0v) is 13.5. The van der Waals surface area contributed by atoms with E-state index in [0.29, 0.717) is 16.5 Å². The predicted molar refractivity (Wildman–Crippen MR) is 76.0 cm³/mol. The highest BCUT2D eigenvalue weighted by molar-refractivity contribution is 9.12. The van der Waals surface area contributed by atoms with Crippen LogP contribution in [0.1, 0.15) is 16.1 Å². The first kappa shape index (κ1) is 13.3. The number of carbonyl (C=O) groups is 1. The standard InChI is InChI=1S/C10H7Br2NO2S2/c1-5-3-15-10(13-5)16-4-7(14)6-2-8(11)17-9(6)12/h2-3H,4H2,1H3. The van der Waals surface area contributed by atoms with Gasteiger partial charge in [0.2, 0.25) is 0 Å². The zero-order valence-electron chi connectivity index (χ0n) is 8.70. The summed E-state index contributed by atoms with van der Waals surface area (Å²) < 4.78 is 6.95. The van der Waals surface area contributed by atoms with Gasteiger partial charge in [0.15, 0.2) is 5.78 Å². The van der Waals surface area contributed by atoms with Gasteiger partial charge in [0.1, 0.15) is 6.26 Å². The third kappa shape index (κ3) is 3.43. The Kier molecular flexibility index (Phi) is 4.46. The van der Waals surface area contributed by atoms with E-state index in [9.17, 15) is 4.79 Å². The van der Waals surface area contributed by atoms with E-state index in [4.69, 9.17) is 4.42 Å². The van der Waals surface area contributed by atoms with Crippen molar-refractivity contribution < 1.29 is 9.21 Å². The molecule has 7 heteroatoms. The summed E-state index contributed by atoms with van der Waals surface area (Å²) in [5.41, 5.74) is 1.51. The number of aromatic nitrogens is 1. The molecule has 0 aliphatic heterocycles. The maximum Gasteiger partial charge on any atom is 0.256 e. The first-order chi connectivity index (χ1) is 8.06. The highest BCUT2D eigenvalue weighted by Crippen LogP contribution is 2.33. The molecule has 0 N–H and O–H groups in total. The number of Topliss-reactive ketones (excluding diaryl/α,β-unsaturated/α-hetero) is 1. The lowest BCUT2D eigenvalue weighted by atomic mass is 10.2. The maximum absolute atomic E-state index is 11.9. The summed E-state index contributed by atoms with van der Waals surface area (Å²) >= 11 is 9.51. The molecule has 0 saturated heterocycles. The van der Waals surface area contributed by atoms with E-state index in [1.807, 2.05) is 13.0 Å². The zero-order chi connectivity index (χ0) is 12.4. The monoisotopic (exact) mass is 395 g/mol. The second-order valence-electron chi connectivity index (χ2n) is 3.20. The molecule has 0 fully saturated rings. The molecule has 0 spiro atoms. The number of thiophene rings is 1. The molecule has 2 rings (SSSR count). The van der Waals surface area contributed by atoms with Crippen molar-refractivity contribution in [3.05, 3.63) is 31.2 Å². The van der Waals surface area contributed by atoms with Crippen LogP contribution in [0.5, 0.6) is 0 Å². The number of thioether (sulfide) groups is 1. The lowest BCUT2D eigenvalue weighted by Gasteiger charge is -1.96. The van der Waals surface area contributed by atoms with Crippen LogP contribution in [0.3, 0.4) is 0 Å². The van der Waals surface area contributed by atoms with Crippen molar-refractivity contribution in [2.75, 3.05) is 5.75 Å². The number of rotatable bonds is 4. The molecule has 0 bridgehead atoms. The summed E-state index contributed by atoms with van der Waals surface area (Å²) in [4.78, 5) is 16.1. The lowest BCUT2D eigenvalue weighted by molar-refractivity contribution is 0.102. The van der Waals surface area contributed by atoms with Gasteiger partial charge >= 0.3 is 0 Å². The molecule has 0 saturated carbocycles. The Hall–Kier alpha value is -0.110. The number of hydrogen-bond donors (Lipinski definition) is 0. The van der Waals surface area contributed by atoms with Gasteiger partial charge in [0.05, 0.1) is 19.0 Å². The minimum Gasteiger partial charge on any atom is -0.440 e. The first-order valence-corrected chi connectivity index (χ1v) is 7.98. The molecule has 0 aromatic carbocycles. The SMILES string of the molecule is Cc1coc(SCC(=O)c2cc(Br)sc2Br)n1. The molecule has 2 aromatic rings. The molecular weight excluding hydrogens is 390 g/mol. The summed E-state index contributed by atoms with van der Waals surface area (Å²) in [6.45, 7) is 1.85. The largest absolute Gasteiger partial charge is 0.440 e. The van der Waals surface area contributed by atoms with Gasteiger partial charge < -0.3 is 4.42 Å². The van der Waals surface area contributed by atoms with Crippen LogP contribution < -0.4 is 0 Å². The van der Waals surface area contributed by atoms with Gasteiger partial charge in [0.25, 0.3) is 5.22 Å². The third-order valence-corrected chi connectivity index (χ3v) is 5.06. The Bertz CT molecular complexity index is 550. The topological polar surface area (TPSA) is 43.1 Å². The number of ketones is 1. The number of aryl methyl sites for hydroxylation is 1. The fourth-order valence-corrected chi connectivity index (χ4v) is 4.72. The maximum atomic E-state index is 11.9. The van der Waals surface area contributed by atoms with Gasteiger partial charge in [-0.05, 0) is 44.8 Å². The Labute approximate surface area is 123 Å². The van der Waals surface area contributed by atoms with Crippen molar-refractivity contribution in [1.29, 1.82) is 0 Å². The minimum atomic E-state index is 0.0553. The first-order valence-electron chi connectivity index (χ1n) is 4.59. The summed E-state index contributed by atoms with van der Waals surface area (Å²) in [6.07, 6.45) is 1.57. The minimum absolute atomic E-state index is 0.0553. The number of carbonyl (C=O) groups excluding carboxylic acids is 1. The fraction of sp³-hybridized carbons (Fsp3) is 0.200. The second kappa shape index (κ2) is 5.69. The van der Waals surface area contributed by atoms with Crippen LogP contribution in [-0.4, -0.2) is 16.5 Å². The third-order valence-electron chi connectivity index (χ3n) is 1.88. The van der Waals surface area contributed by atoms with Crippen LogP contribution >= 0.6 is 55.0 Å². The van der Waals surface area contributed by atoms with E-state index in [-0.39, 0.29) is 5.78 Å². The van der Waals surface area contributed by atoms with E-state index < -0.39 is 0 Å². The number of hydrogen-bond acceptors (Lipinski definition) is 5. The van der Waals surface area contributed by atoms with E-state index in [2.05, 4.69) is 36.8 Å². The summed E-state index contributed by atoms with van der Waals surface area (Å²) in [5.74, 6) is 0.376. The van der Waals surface area contributed by atoms with Gasteiger partial charge in [-0.15, -0.1) is 11.3 Å². The Morgan fingerprint density at radius 3 is 2.88 bits per heavy atom. The molecule has 17 heavy (non-hydrogen) atoms. The van der Waals surface area contributed by atoms with E-state index in [1.54, 1.807) is 6.26 Å². The second-order valence-corrected chi connectivity index (χ2v) is 7.88. The van der Waals surface area contributed by atoms with Crippen molar-refractivity contribution in [3.8, 4) is 0 Å². The molecule has 0 unspecified atom stereocenters. The Balaban J connectivity index is 2.00. The van der Waals surface area contributed by atoms with Crippen molar-refractivity contribution in [2.24, 2.45) is 0 Å². The van der Waals surface area contributed by atoms with Gasteiger partial charge in [-0.1, -0.05) is 11.8 Å². The average Bonchev–Trinajstić information content (AvgIpc) is 2.81. The van der Waals surface area contributed by atoms with Crippen LogP contribution in [0.25, 0.3) is 0 Å². The van der Waals surface area contributed by atoms with Crippen LogP contribution in [-0.2, 0) is 0 Å². The molecule has 0 aliphatic carbocycles. The smallest absolute Gasteiger partial charge is 0.256 e. The van der Waals surface area contributed by atoms with Gasteiger partial charge in [-0.3, -0.25) is 4.79 Å². The number of nitrogens with zero attached hydrogens (tertiary/aromatic N) is 1. The Morgan fingerprint density at radius 1 is 1.59 bits per heavy atom. The van der Waals surface area contributed by atoms with Crippen molar-refractivity contribution in [1.82, 2.24) is 4.98 Å². The molecule has 2 heterocycles. The van der Waals surface area contributed by atoms with Crippen LogP contribution in [0.15, 0.2) is 29.5 Å². The highest BCUT2D eigenvalue weighted by atomic mass is 79.9. The van der Waals surface area contributed by atoms with Crippen LogP contribution in [0, 0.1) is 6.92 Å². The molecule has 90 valence electrons. The van der Waals surface area contributed by atoms with Crippen LogP contribution in [0.4, 0.5) is 0 Å². The van der Waals surface area contributed by atoms with E-state index in [0.717, 1.165) is 13.3 Å². The average molecular weight is 397 g/mol. The van der Waals surface area contributed by atoms with E-state index >= 15 is 0 Å². The molecule has 0 aliphatic rings. The van der Waals surface area contributed by atoms with Gasteiger partial charge in [-0.2, -0.15) is 0 Å². The van der Waals surface area contributed by atoms with Crippen molar-refractivity contribution in [2.45, 2.75) is 12.1 Å². The van der Waals surface area contributed by atoms with Gasteiger partial charge in [0, 0.05) is 5.56 Å². The van der Waals surface area contributed by atoms with Crippen molar-refractivity contribution in [3.63, 3.8) is 0 Å². The summed E-state index contributed by atoms with van der Waals surface area (Å²) in [5, 5.41) is 0.529. The summed E-state index contributed by atoms with van der Waals surface area (Å²) in [6, 6.07) is 1.82. The van der Waals surface area contributed by atoms with Gasteiger partial charge in [-0.25, -0.2) is 4.98 Å². The Morgan fingerprint density at radius 2 is 2.35 bits per heavy atom. The number of oxazole rings is 1. The van der Waals surface area contributed by atoms with Crippen molar-refractivity contribution >= 4 is 60.7 Å². The molecule has 2 aromatic heterocycles. The molecule has 0 atom stereocenters. The van der Waals surface area contributed by atoms with Crippen LogP contribution in [0.2, 0.25) is 0 Å². The highest BCUT2D eigenvalue weighted by Gasteiger charge is 2.15. The molecular formula is C10H7Br2NO2S2. The van der Waals surface area contributed by atoms with E-state index in [1.165, 1.54) is 23.1 Å². The lowest BCUT2D eigenvalue weighted by Crippen LogP contribution is -2.01. The quantitative estimate of drug-likeness (QED) is 0.561. The molecule has 0 radical (unpaired) electrons. The molecule has 0 amide bonds. The number of halogens is 2.